The van der Waals surface area contributed by atoms with Crippen LogP contribution in [0.2, 0.25) is 0 Å². The Kier molecular flexibility index (Phi) is 5.74. The fourth-order valence-corrected chi connectivity index (χ4v) is 1.92. The monoisotopic (exact) mass is 261 g/mol. The number of rotatable bonds is 7. The lowest BCUT2D eigenvalue weighted by Gasteiger charge is -2.15. The molecule has 0 radical (unpaired) electrons. The Morgan fingerprint density at radius 1 is 1.21 bits per heavy atom. The predicted octanol–water partition coefficient (Wildman–Crippen LogP) is 2.97. The number of hydrogen-bond acceptors (Lipinski definition) is 4. The second-order valence-electron chi connectivity index (χ2n) is 4.09. The summed E-state index contributed by atoms with van der Waals surface area (Å²) < 4.78 is 15.8. The fourth-order valence-electron chi connectivity index (χ4n) is 1.92. The molecule has 0 aliphatic carbocycles. The summed E-state index contributed by atoms with van der Waals surface area (Å²) in [5, 5.41) is 9.09. The van der Waals surface area contributed by atoms with Gasteiger partial charge in [0, 0.05) is 0 Å². The molecule has 1 aromatic rings. The minimum Gasteiger partial charge on any atom is -0.493 e. The van der Waals surface area contributed by atoms with Gasteiger partial charge in [0.2, 0.25) is 5.75 Å². The lowest BCUT2D eigenvalue weighted by molar-refractivity contribution is 0.323. The number of nitriles is 1. The summed E-state index contributed by atoms with van der Waals surface area (Å²) >= 11 is 0. The molecule has 0 heterocycles. The van der Waals surface area contributed by atoms with E-state index in [0.29, 0.717) is 30.1 Å². The van der Waals surface area contributed by atoms with Crippen LogP contribution >= 0.6 is 0 Å². The average molecular weight is 261 g/mol. The highest BCUT2D eigenvalue weighted by molar-refractivity contribution is 5.54. The molecule has 0 aliphatic rings. The summed E-state index contributed by atoms with van der Waals surface area (Å²) in [6, 6.07) is 6.01. The van der Waals surface area contributed by atoms with Crippen molar-refractivity contribution in [3.05, 3.63) is 30.4 Å². The maximum atomic E-state index is 9.09. The molecule has 0 N–H and O–H groups in total. The molecule has 0 spiro atoms. The van der Waals surface area contributed by atoms with E-state index in [1.54, 1.807) is 27.4 Å². The molecule has 0 fully saturated rings. The molecule has 0 saturated carbocycles. The topological polar surface area (TPSA) is 51.5 Å². The lowest BCUT2D eigenvalue weighted by Crippen LogP contribution is -2.03. The Morgan fingerprint density at radius 3 is 2.16 bits per heavy atom. The van der Waals surface area contributed by atoms with E-state index in [9.17, 15) is 0 Å². The van der Waals surface area contributed by atoms with E-state index in [1.165, 1.54) is 0 Å². The molecule has 1 aromatic carbocycles. The maximum absolute atomic E-state index is 9.09. The average Bonchev–Trinajstić information content (AvgIpc) is 2.45. The second kappa shape index (κ2) is 7.32. The first kappa shape index (κ1) is 14.9. The summed E-state index contributed by atoms with van der Waals surface area (Å²) in [4.78, 5) is 0. The van der Waals surface area contributed by atoms with Crippen molar-refractivity contribution in [2.24, 2.45) is 5.92 Å². The van der Waals surface area contributed by atoms with E-state index in [1.807, 2.05) is 12.1 Å². The van der Waals surface area contributed by atoms with Crippen molar-refractivity contribution in [2.75, 3.05) is 21.3 Å². The quantitative estimate of drug-likeness (QED) is 0.708. The molecule has 0 unspecified atom stereocenters. The normalized spacial score (nSPS) is 11.3. The van der Waals surface area contributed by atoms with Crippen molar-refractivity contribution in [1.82, 2.24) is 0 Å². The van der Waals surface area contributed by atoms with Gasteiger partial charge < -0.3 is 14.2 Å². The summed E-state index contributed by atoms with van der Waals surface area (Å²) in [7, 11) is 4.72. The summed E-state index contributed by atoms with van der Waals surface area (Å²) in [5.74, 6) is 1.67. The van der Waals surface area contributed by atoms with Crippen LogP contribution in [0.25, 0.3) is 0 Å². The van der Waals surface area contributed by atoms with Gasteiger partial charge in [0.05, 0.1) is 33.3 Å². The van der Waals surface area contributed by atoms with Crippen LogP contribution in [0.4, 0.5) is 0 Å². The van der Waals surface area contributed by atoms with Gasteiger partial charge in [0.15, 0.2) is 11.5 Å². The van der Waals surface area contributed by atoms with Crippen LogP contribution in [0.3, 0.4) is 0 Å². The second-order valence-corrected chi connectivity index (χ2v) is 4.09. The number of allylic oxidation sites excluding steroid dienone is 1. The third kappa shape index (κ3) is 3.65. The van der Waals surface area contributed by atoms with Gasteiger partial charge in [-0.2, -0.15) is 5.26 Å². The molecule has 1 atom stereocenters. The van der Waals surface area contributed by atoms with Crippen molar-refractivity contribution < 1.29 is 14.2 Å². The molecule has 1 rings (SSSR count). The molecule has 19 heavy (non-hydrogen) atoms. The molecule has 0 bridgehead atoms. The molecule has 0 aliphatic heterocycles. The van der Waals surface area contributed by atoms with Crippen LogP contribution in [-0.4, -0.2) is 21.3 Å². The van der Waals surface area contributed by atoms with Crippen molar-refractivity contribution in [2.45, 2.75) is 12.8 Å². The Balaban J connectivity index is 3.09. The Morgan fingerprint density at radius 2 is 1.79 bits per heavy atom. The lowest BCUT2D eigenvalue weighted by atomic mass is 9.97. The van der Waals surface area contributed by atoms with E-state index >= 15 is 0 Å². The van der Waals surface area contributed by atoms with Crippen molar-refractivity contribution in [3.63, 3.8) is 0 Å². The maximum Gasteiger partial charge on any atom is 0.203 e. The van der Waals surface area contributed by atoms with Gasteiger partial charge in [-0.3, -0.25) is 0 Å². The van der Waals surface area contributed by atoms with Gasteiger partial charge in [-0.1, -0.05) is 6.08 Å². The van der Waals surface area contributed by atoms with Gasteiger partial charge in [-0.25, -0.2) is 0 Å². The van der Waals surface area contributed by atoms with E-state index in [0.717, 1.165) is 5.56 Å². The first-order valence-corrected chi connectivity index (χ1v) is 5.99. The van der Waals surface area contributed by atoms with Crippen molar-refractivity contribution >= 4 is 0 Å². The molecule has 4 heteroatoms. The highest BCUT2D eigenvalue weighted by atomic mass is 16.5. The van der Waals surface area contributed by atoms with Gasteiger partial charge in [0.1, 0.15) is 0 Å². The standard InChI is InChI=1S/C15H19NO3/c1-5-6-11(10-16)7-12-8-13(17-2)15(19-4)14(9-12)18-3/h5,8-9,11H,1,6-7H2,2-4H3/t11-/m0/s1. The van der Waals surface area contributed by atoms with Crippen LogP contribution in [0.1, 0.15) is 12.0 Å². The van der Waals surface area contributed by atoms with Gasteiger partial charge >= 0.3 is 0 Å². The van der Waals surface area contributed by atoms with E-state index in [-0.39, 0.29) is 5.92 Å². The van der Waals surface area contributed by atoms with E-state index in [4.69, 9.17) is 19.5 Å². The highest BCUT2D eigenvalue weighted by Crippen LogP contribution is 2.38. The summed E-state index contributed by atoms with van der Waals surface area (Å²) in [6.45, 7) is 3.66. The van der Waals surface area contributed by atoms with Crippen LogP contribution in [0.5, 0.6) is 17.2 Å². The van der Waals surface area contributed by atoms with Gasteiger partial charge in [-0.05, 0) is 30.5 Å². The Hall–Kier alpha value is -2.15. The Labute approximate surface area is 114 Å². The zero-order valence-corrected chi connectivity index (χ0v) is 11.6. The van der Waals surface area contributed by atoms with Gasteiger partial charge in [-0.15, -0.1) is 6.58 Å². The molecule has 102 valence electrons. The third-order valence-electron chi connectivity index (χ3n) is 2.84. The SMILES string of the molecule is C=CC[C@H](C#N)Cc1cc(OC)c(OC)c(OC)c1. The zero-order valence-electron chi connectivity index (χ0n) is 11.6. The number of methoxy groups -OCH3 is 3. The van der Waals surface area contributed by atoms with Crippen LogP contribution < -0.4 is 14.2 Å². The molecule has 4 nitrogen and oxygen atoms in total. The number of hydrogen-bond donors (Lipinski definition) is 0. The Bertz CT molecular complexity index is 452. The molecule has 0 saturated heterocycles. The minimum absolute atomic E-state index is 0.0969. The summed E-state index contributed by atoms with van der Waals surface area (Å²) in [5.41, 5.74) is 0.975. The van der Waals surface area contributed by atoms with Crippen molar-refractivity contribution in [3.8, 4) is 23.3 Å². The van der Waals surface area contributed by atoms with Crippen LogP contribution in [0, 0.1) is 17.2 Å². The molecule has 0 aromatic heterocycles. The predicted molar refractivity (Wildman–Crippen MR) is 73.7 cm³/mol. The van der Waals surface area contributed by atoms with E-state index < -0.39 is 0 Å². The molecule has 0 amide bonds. The molecular formula is C15H19NO3. The minimum atomic E-state index is -0.0969. The zero-order chi connectivity index (χ0) is 14.3. The van der Waals surface area contributed by atoms with Crippen molar-refractivity contribution in [1.29, 1.82) is 5.26 Å². The first-order valence-electron chi connectivity index (χ1n) is 5.99. The van der Waals surface area contributed by atoms with Crippen LogP contribution in [-0.2, 0) is 6.42 Å². The van der Waals surface area contributed by atoms with Crippen LogP contribution in [0.15, 0.2) is 24.8 Å². The highest BCUT2D eigenvalue weighted by Gasteiger charge is 2.15. The van der Waals surface area contributed by atoms with Gasteiger partial charge in [0.25, 0.3) is 0 Å². The summed E-state index contributed by atoms with van der Waals surface area (Å²) in [6.07, 6.45) is 3.04. The fraction of sp³-hybridized carbons (Fsp3) is 0.400. The third-order valence-corrected chi connectivity index (χ3v) is 2.84. The first-order chi connectivity index (χ1) is 9.19. The molecular weight excluding hydrogens is 242 g/mol. The number of benzene rings is 1. The largest absolute Gasteiger partial charge is 0.493 e. The van der Waals surface area contributed by atoms with E-state index in [2.05, 4.69) is 12.6 Å². The number of ether oxygens (including phenoxy) is 3. The smallest absolute Gasteiger partial charge is 0.203 e. The number of nitrogens with zero attached hydrogens (tertiary/aromatic N) is 1.